The van der Waals surface area contributed by atoms with Crippen molar-refractivity contribution >= 4 is 39.4 Å². The van der Waals surface area contributed by atoms with E-state index < -0.39 is 24.5 Å². The van der Waals surface area contributed by atoms with Gasteiger partial charge in [-0.1, -0.05) is 27.5 Å². The molecule has 2 N–H and O–H groups in total. The van der Waals surface area contributed by atoms with Crippen LogP contribution in [0.25, 0.3) is 0 Å². The molecule has 0 spiro atoms. The molecule has 98 valence electrons. The second-order valence-corrected chi connectivity index (χ2v) is 4.74. The zero-order valence-corrected chi connectivity index (χ0v) is 11.8. The molecule has 1 unspecified atom stereocenters. The summed E-state index contributed by atoms with van der Waals surface area (Å²) >= 11 is 9.01. The first-order valence-corrected chi connectivity index (χ1v) is 6.10. The number of rotatable bonds is 4. The third-order valence-corrected chi connectivity index (χ3v) is 2.77. The maximum absolute atomic E-state index is 11.8. The number of aliphatic hydroxyl groups excluding tert-OH is 1. The summed E-state index contributed by atoms with van der Waals surface area (Å²) in [5, 5.41) is 11.7. The van der Waals surface area contributed by atoms with Crippen molar-refractivity contribution in [2.24, 2.45) is 0 Å². The van der Waals surface area contributed by atoms with Crippen LogP contribution in [0.15, 0.2) is 22.7 Å². The fourth-order valence-corrected chi connectivity index (χ4v) is 2.11. The third kappa shape index (κ3) is 3.97. The van der Waals surface area contributed by atoms with Gasteiger partial charge in [0.2, 0.25) is 0 Å². The third-order valence-electron chi connectivity index (χ3n) is 2.10. The van der Waals surface area contributed by atoms with Crippen LogP contribution in [0.2, 0.25) is 5.02 Å². The Balaban J connectivity index is 2.84. The molecule has 7 heteroatoms. The Morgan fingerprint density at radius 3 is 2.67 bits per heavy atom. The highest BCUT2D eigenvalue weighted by molar-refractivity contribution is 9.10. The van der Waals surface area contributed by atoms with Gasteiger partial charge in [-0.05, 0) is 18.2 Å². The SMILES string of the molecule is COC(=O)C(CO)NC(=O)c1cc(Cl)cc(Br)c1. The summed E-state index contributed by atoms with van der Waals surface area (Å²) < 4.78 is 5.08. The average molecular weight is 337 g/mol. The molecular weight excluding hydrogens is 325 g/mol. The minimum absolute atomic E-state index is 0.275. The first-order chi connectivity index (χ1) is 8.47. The number of esters is 1. The summed E-state index contributed by atoms with van der Waals surface area (Å²) in [5.41, 5.74) is 0.275. The number of aliphatic hydroxyl groups is 1. The van der Waals surface area contributed by atoms with Crippen molar-refractivity contribution in [3.63, 3.8) is 0 Å². The number of amides is 1. The first-order valence-electron chi connectivity index (χ1n) is 4.93. The zero-order chi connectivity index (χ0) is 13.7. The fraction of sp³-hybridized carbons (Fsp3) is 0.273. The van der Waals surface area contributed by atoms with Gasteiger partial charge in [0.25, 0.3) is 5.91 Å². The summed E-state index contributed by atoms with van der Waals surface area (Å²) in [6, 6.07) is 3.53. The highest BCUT2D eigenvalue weighted by atomic mass is 79.9. The van der Waals surface area contributed by atoms with E-state index in [0.29, 0.717) is 9.50 Å². The lowest BCUT2D eigenvalue weighted by Crippen LogP contribution is -2.44. The molecule has 0 heterocycles. The molecule has 0 bridgehead atoms. The van der Waals surface area contributed by atoms with Gasteiger partial charge in [-0.15, -0.1) is 0 Å². The van der Waals surface area contributed by atoms with Crippen molar-refractivity contribution < 1.29 is 19.4 Å². The fourth-order valence-electron chi connectivity index (χ4n) is 1.25. The summed E-state index contributed by atoms with van der Waals surface area (Å²) in [7, 11) is 1.17. The summed E-state index contributed by atoms with van der Waals surface area (Å²) in [6.07, 6.45) is 0. The largest absolute Gasteiger partial charge is 0.467 e. The average Bonchev–Trinajstić information content (AvgIpc) is 2.33. The van der Waals surface area contributed by atoms with E-state index in [1.807, 2.05) is 0 Å². The number of nitrogens with one attached hydrogen (secondary N) is 1. The number of carbonyl (C=O) groups excluding carboxylic acids is 2. The minimum atomic E-state index is -1.10. The van der Waals surface area contributed by atoms with E-state index in [4.69, 9.17) is 16.7 Å². The Hall–Kier alpha value is -1.11. The van der Waals surface area contributed by atoms with Gasteiger partial charge in [-0.25, -0.2) is 4.79 Å². The van der Waals surface area contributed by atoms with Crippen molar-refractivity contribution in [3.05, 3.63) is 33.3 Å². The molecule has 1 aromatic carbocycles. The maximum atomic E-state index is 11.8. The van der Waals surface area contributed by atoms with Gasteiger partial charge in [0.15, 0.2) is 6.04 Å². The summed E-state index contributed by atoms with van der Waals surface area (Å²) in [6.45, 7) is -0.542. The molecule has 1 atom stereocenters. The smallest absolute Gasteiger partial charge is 0.330 e. The van der Waals surface area contributed by atoms with E-state index in [1.165, 1.54) is 13.2 Å². The van der Waals surface area contributed by atoms with Gasteiger partial charge >= 0.3 is 5.97 Å². The van der Waals surface area contributed by atoms with Gasteiger partial charge in [0.05, 0.1) is 13.7 Å². The van der Waals surface area contributed by atoms with Crippen molar-refractivity contribution in [1.29, 1.82) is 0 Å². The topological polar surface area (TPSA) is 75.6 Å². The van der Waals surface area contributed by atoms with E-state index in [1.54, 1.807) is 12.1 Å². The van der Waals surface area contributed by atoms with Crippen LogP contribution in [0.5, 0.6) is 0 Å². The molecular formula is C11H11BrClNO4. The molecule has 1 rings (SSSR count). The Morgan fingerprint density at radius 2 is 2.17 bits per heavy atom. The molecule has 1 aromatic rings. The number of ether oxygens (including phenoxy) is 1. The zero-order valence-electron chi connectivity index (χ0n) is 9.44. The molecule has 0 aromatic heterocycles. The predicted molar refractivity (Wildman–Crippen MR) is 69.5 cm³/mol. The standard InChI is InChI=1S/C11H11BrClNO4/c1-18-11(17)9(5-15)14-10(16)6-2-7(12)4-8(13)3-6/h2-4,9,15H,5H2,1H3,(H,14,16). The molecule has 0 aliphatic carbocycles. The number of hydrogen-bond donors (Lipinski definition) is 2. The van der Waals surface area contributed by atoms with Crippen LogP contribution in [-0.4, -0.2) is 36.7 Å². The highest BCUT2D eigenvalue weighted by Crippen LogP contribution is 2.19. The molecule has 18 heavy (non-hydrogen) atoms. The Bertz CT molecular complexity index is 446. The number of benzene rings is 1. The van der Waals surface area contributed by atoms with E-state index in [9.17, 15) is 9.59 Å². The van der Waals surface area contributed by atoms with Crippen LogP contribution in [0.3, 0.4) is 0 Å². The van der Waals surface area contributed by atoms with Crippen LogP contribution in [0.1, 0.15) is 10.4 Å². The maximum Gasteiger partial charge on any atom is 0.330 e. The molecule has 0 aliphatic rings. The molecule has 1 amide bonds. The minimum Gasteiger partial charge on any atom is -0.467 e. The van der Waals surface area contributed by atoms with Crippen molar-refractivity contribution in [1.82, 2.24) is 5.32 Å². The van der Waals surface area contributed by atoms with Crippen LogP contribution in [-0.2, 0) is 9.53 Å². The van der Waals surface area contributed by atoms with Crippen LogP contribution in [0, 0.1) is 0 Å². The number of hydrogen-bond acceptors (Lipinski definition) is 4. The van der Waals surface area contributed by atoms with Crippen molar-refractivity contribution in [2.75, 3.05) is 13.7 Å². The van der Waals surface area contributed by atoms with Gasteiger partial charge in [0.1, 0.15) is 0 Å². The van der Waals surface area contributed by atoms with E-state index in [0.717, 1.165) is 0 Å². The Labute approximate surface area is 117 Å². The number of carbonyl (C=O) groups is 2. The van der Waals surface area contributed by atoms with Crippen molar-refractivity contribution in [3.8, 4) is 0 Å². The van der Waals surface area contributed by atoms with Crippen LogP contribution in [0.4, 0.5) is 0 Å². The summed E-state index contributed by atoms with van der Waals surface area (Å²) in [5.74, 6) is -1.24. The second-order valence-electron chi connectivity index (χ2n) is 3.39. The van der Waals surface area contributed by atoms with Gasteiger partial charge < -0.3 is 15.2 Å². The Morgan fingerprint density at radius 1 is 1.50 bits per heavy atom. The lowest BCUT2D eigenvalue weighted by Gasteiger charge is -2.14. The molecule has 0 aliphatic heterocycles. The monoisotopic (exact) mass is 335 g/mol. The second kappa shape index (κ2) is 6.72. The van der Waals surface area contributed by atoms with Crippen LogP contribution >= 0.6 is 27.5 Å². The summed E-state index contributed by atoms with van der Waals surface area (Å²) in [4.78, 5) is 23.0. The number of methoxy groups -OCH3 is 1. The molecule has 5 nitrogen and oxygen atoms in total. The molecule has 0 radical (unpaired) electrons. The molecule has 0 fully saturated rings. The predicted octanol–water partition coefficient (Wildman–Crippen LogP) is 1.37. The Kier molecular flexibility index (Phi) is 5.58. The quantitative estimate of drug-likeness (QED) is 0.814. The van der Waals surface area contributed by atoms with Gasteiger partial charge in [-0.2, -0.15) is 0 Å². The molecule has 0 saturated carbocycles. The lowest BCUT2D eigenvalue weighted by atomic mass is 10.2. The number of halogens is 2. The van der Waals surface area contributed by atoms with Crippen molar-refractivity contribution in [2.45, 2.75) is 6.04 Å². The van der Waals surface area contributed by atoms with Crippen LogP contribution < -0.4 is 5.32 Å². The van der Waals surface area contributed by atoms with E-state index in [2.05, 4.69) is 26.0 Å². The lowest BCUT2D eigenvalue weighted by molar-refractivity contribution is -0.143. The van der Waals surface area contributed by atoms with E-state index in [-0.39, 0.29) is 5.56 Å². The highest BCUT2D eigenvalue weighted by Gasteiger charge is 2.21. The first kappa shape index (κ1) is 14.9. The normalized spacial score (nSPS) is 11.8. The van der Waals surface area contributed by atoms with Gasteiger partial charge in [0, 0.05) is 15.1 Å². The van der Waals surface area contributed by atoms with E-state index >= 15 is 0 Å². The van der Waals surface area contributed by atoms with Gasteiger partial charge in [-0.3, -0.25) is 4.79 Å². The molecule has 0 saturated heterocycles.